The summed E-state index contributed by atoms with van der Waals surface area (Å²) >= 11 is 0.939. The zero-order chi connectivity index (χ0) is 14.5. The molecule has 1 aromatic heterocycles. The molecule has 7 heteroatoms. The van der Waals surface area contributed by atoms with E-state index in [9.17, 15) is 9.59 Å². The topological polar surface area (TPSA) is 92.4 Å². The van der Waals surface area contributed by atoms with Crippen molar-refractivity contribution in [1.82, 2.24) is 10.3 Å². The van der Waals surface area contributed by atoms with Crippen LogP contribution in [0.1, 0.15) is 13.3 Å². The average Bonchev–Trinajstić information content (AvgIpc) is 2.80. The van der Waals surface area contributed by atoms with E-state index >= 15 is 0 Å². The fourth-order valence-corrected chi connectivity index (χ4v) is 2.51. The molecule has 0 radical (unpaired) electrons. The van der Waals surface area contributed by atoms with Crippen LogP contribution in [0.15, 0.2) is 33.9 Å². The van der Waals surface area contributed by atoms with Gasteiger partial charge >= 0.3 is 5.97 Å². The van der Waals surface area contributed by atoms with Crippen molar-refractivity contribution in [3.05, 3.63) is 24.3 Å². The van der Waals surface area contributed by atoms with E-state index < -0.39 is 11.2 Å². The van der Waals surface area contributed by atoms with Crippen LogP contribution in [0, 0.1) is 0 Å². The molecule has 0 aliphatic carbocycles. The minimum absolute atomic E-state index is 0.118. The molecule has 0 aliphatic rings. The number of nitrogens with zero attached hydrogens (tertiary/aromatic N) is 1. The number of carbonyl (C=O) groups excluding carboxylic acids is 1. The molecule has 1 atom stereocenters. The summed E-state index contributed by atoms with van der Waals surface area (Å²) in [6.45, 7) is 2.25. The third-order valence-corrected chi connectivity index (χ3v) is 3.57. The Morgan fingerprint density at radius 3 is 2.85 bits per heavy atom. The highest BCUT2D eigenvalue weighted by molar-refractivity contribution is 8.00. The molecule has 6 nitrogen and oxygen atoms in total. The number of hydrogen-bond acceptors (Lipinski definition) is 5. The summed E-state index contributed by atoms with van der Waals surface area (Å²) in [5.41, 5.74) is 1.26. The highest BCUT2D eigenvalue weighted by Crippen LogP contribution is 2.28. The molecule has 2 N–H and O–H groups in total. The number of carbonyl (C=O) groups is 2. The number of aromatic nitrogens is 1. The number of aliphatic carboxylic acids is 1. The third kappa shape index (κ3) is 3.51. The Kier molecular flexibility index (Phi) is 4.62. The molecule has 0 saturated carbocycles. The van der Waals surface area contributed by atoms with Gasteiger partial charge in [0.15, 0.2) is 5.58 Å². The molecule has 0 saturated heterocycles. The first-order valence-corrected chi connectivity index (χ1v) is 7.00. The standard InChI is InChI=1S/C13H14N2O4S/c1-2-14-11(16)7-10(12(17)18)20-13-15-8-5-3-4-6-9(8)19-13/h3-6,10H,2,7H2,1H3,(H,14,16)(H,17,18). The third-order valence-electron chi connectivity index (χ3n) is 2.54. The maximum absolute atomic E-state index is 11.5. The molecular weight excluding hydrogens is 280 g/mol. The Bertz CT molecular complexity index is 593. The van der Waals surface area contributed by atoms with Crippen LogP contribution in [0.4, 0.5) is 0 Å². The Hall–Kier alpha value is -2.02. The van der Waals surface area contributed by atoms with Crippen LogP contribution in [0.2, 0.25) is 0 Å². The van der Waals surface area contributed by atoms with Crippen molar-refractivity contribution >= 4 is 34.7 Å². The number of benzene rings is 1. The minimum Gasteiger partial charge on any atom is -0.480 e. The van der Waals surface area contributed by atoms with Crippen LogP contribution < -0.4 is 5.32 Å². The van der Waals surface area contributed by atoms with E-state index in [1.165, 1.54) is 0 Å². The Morgan fingerprint density at radius 1 is 1.45 bits per heavy atom. The van der Waals surface area contributed by atoms with Crippen molar-refractivity contribution in [2.24, 2.45) is 0 Å². The second-order valence-electron chi connectivity index (χ2n) is 4.05. The first-order chi connectivity index (χ1) is 9.60. The lowest BCUT2D eigenvalue weighted by Crippen LogP contribution is -2.29. The zero-order valence-corrected chi connectivity index (χ0v) is 11.6. The van der Waals surface area contributed by atoms with Crippen LogP contribution >= 0.6 is 11.8 Å². The number of amides is 1. The van der Waals surface area contributed by atoms with E-state index in [4.69, 9.17) is 9.52 Å². The van der Waals surface area contributed by atoms with E-state index in [-0.39, 0.29) is 17.6 Å². The molecule has 0 bridgehead atoms. The largest absolute Gasteiger partial charge is 0.480 e. The summed E-state index contributed by atoms with van der Waals surface area (Å²) in [6, 6.07) is 7.17. The van der Waals surface area contributed by atoms with E-state index in [0.29, 0.717) is 17.6 Å². The van der Waals surface area contributed by atoms with E-state index in [0.717, 1.165) is 11.8 Å². The predicted molar refractivity (Wildman–Crippen MR) is 74.6 cm³/mol. The van der Waals surface area contributed by atoms with E-state index in [1.54, 1.807) is 19.1 Å². The molecule has 2 rings (SSSR count). The Labute approximate surface area is 119 Å². The smallest absolute Gasteiger partial charge is 0.317 e. The average molecular weight is 294 g/mol. The number of carboxylic acid groups (broad SMARTS) is 1. The summed E-state index contributed by atoms with van der Waals surface area (Å²) in [7, 11) is 0. The number of rotatable bonds is 6. The van der Waals surface area contributed by atoms with Gasteiger partial charge in [0.2, 0.25) is 5.91 Å². The van der Waals surface area contributed by atoms with Crippen LogP contribution in [0.3, 0.4) is 0 Å². The summed E-state index contributed by atoms with van der Waals surface area (Å²) in [5.74, 6) is -1.37. The van der Waals surface area contributed by atoms with Crippen molar-refractivity contribution in [1.29, 1.82) is 0 Å². The van der Waals surface area contributed by atoms with E-state index in [1.807, 2.05) is 12.1 Å². The number of nitrogens with one attached hydrogen (secondary N) is 1. The fourth-order valence-electron chi connectivity index (χ4n) is 1.64. The van der Waals surface area contributed by atoms with Crippen LogP contribution in [0.25, 0.3) is 11.1 Å². The summed E-state index contributed by atoms with van der Waals surface area (Å²) in [4.78, 5) is 26.9. The maximum atomic E-state index is 11.5. The monoisotopic (exact) mass is 294 g/mol. The predicted octanol–water partition coefficient (Wildman–Crippen LogP) is 1.90. The highest BCUT2D eigenvalue weighted by atomic mass is 32.2. The minimum atomic E-state index is -1.07. The quantitative estimate of drug-likeness (QED) is 0.790. The number of oxazole rings is 1. The number of hydrogen-bond donors (Lipinski definition) is 2. The van der Waals surface area contributed by atoms with Gasteiger partial charge in [-0.15, -0.1) is 0 Å². The molecule has 0 aliphatic heterocycles. The molecule has 1 aromatic carbocycles. The second kappa shape index (κ2) is 6.42. The number of fused-ring (bicyclic) bond motifs is 1. The lowest BCUT2D eigenvalue weighted by Gasteiger charge is -2.08. The van der Waals surface area contributed by atoms with Crippen molar-refractivity contribution in [3.8, 4) is 0 Å². The fraction of sp³-hybridized carbons (Fsp3) is 0.308. The molecule has 0 fully saturated rings. The van der Waals surface area contributed by atoms with Crippen LogP contribution in [-0.2, 0) is 9.59 Å². The molecule has 0 spiro atoms. The number of thioether (sulfide) groups is 1. The lowest BCUT2D eigenvalue weighted by molar-refractivity contribution is -0.138. The van der Waals surface area contributed by atoms with Gasteiger partial charge in [0.25, 0.3) is 5.22 Å². The van der Waals surface area contributed by atoms with E-state index in [2.05, 4.69) is 10.3 Å². The normalized spacial score (nSPS) is 12.2. The van der Waals surface area contributed by atoms with Gasteiger partial charge in [-0.05, 0) is 19.1 Å². The summed E-state index contributed by atoms with van der Waals surface area (Å²) < 4.78 is 5.45. The Balaban J connectivity index is 2.11. The van der Waals surface area contributed by atoms with Gasteiger partial charge < -0.3 is 14.8 Å². The van der Waals surface area contributed by atoms with Gasteiger partial charge in [-0.2, -0.15) is 0 Å². The van der Waals surface area contributed by atoms with Gasteiger partial charge in [0.1, 0.15) is 10.8 Å². The van der Waals surface area contributed by atoms with Crippen molar-refractivity contribution in [3.63, 3.8) is 0 Å². The number of carboxylic acids is 1. The SMILES string of the molecule is CCNC(=O)CC(Sc1nc2ccccc2o1)C(=O)O. The lowest BCUT2D eigenvalue weighted by atomic mass is 10.3. The van der Waals surface area contributed by atoms with Gasteiger partial charge in [-0.1, -0.05) is 23.9 Å². The molecule has 2 aromatic rings. The molecule has 1 amide bonds. The Morgan fingerprint density at radius 2 is 2.20 bits per heavy atom. The van der Waals surface area contributed by atoms with Crippen LogP contribution in [0.5, 0.6) is 0 Å². The highest BCUT2D eigenvalue weighted by Gasteiger charge is 2.24. The second-order valence-corrected chi connectivity index (χ2v) is 5.20. The first kappa shape index (κ1) is 14.4. The van der Waals surface area contributed by atoms with Crippen molar-refractivity contribution in [2.75, 3.05) is 6.54 Å². The summed E-state index contributed by atoms with van der Waals surface area (Å²) in [5, 5.41) is 11.1. The van der Waals surface area contributed by atoms with Gasteiger partial charge in [0.05, 0.1) is 0 Å². The number of para-hydroxylation sites is 2. The molecule has 20 heavy (non-hydrogen) atoms. The summed E-state index contributed by atoms with van der Waals surface area (Å²) in [6.07, 6.45) is -0.118. The van der Waals surface area contributed by atoms with Crippen molar-refractivity contribution in [2.45, 2.75) is 23.8 Å². The van der Waals surface area contributed by atoms with Crippen molar-refractivity contribution < 1.29 is 19.1 Å². The first-order valence-electron chi connectivity index (χ1n) is 6.12. The molecule has 106 valence electrons. The maximum Gasteiger partial charge on any atom is 0.317 e. The van der Waals surface area contributed by atoms with Crippen LogP contribution in [-0.4, -0.2) is 33.8 Å². The molecule has 1 heterocycles. The van der Waals surface area contributed by atoms with Gasteiger partial charge in [-0.25, -0.2) is 4.98 Å². The van der Waals surface area contributed by atoms with Gasteiger partial charge in [-0.3, -0.25) is 9.59 Å². The van der Waals surface area contributed by atoms with Gasteiger partial charge in [0, 0.05) is 13.0 Å². The zero-order valence-electron chi connectivity index (χ0n) is 10.8. The molecule has 1 unspecified atom stereocenters. The molecular formula is C13H14N2O4S.